The Morgan fingerprint density at radius 2 is 1.97 bits per heavy atom. The number of para-hydroxylation sites is 2. The lowest BCUT2D eigenvalue weighted by atomic mass is 10.00. The first-order valence-corrected chi connectivity index (χ1v) is 9.87. The molecule has 2 heterocycles. The van der Waals surface area contributed by atoms with Crippen LogP contribution in [0.5, 0.6) is 11.5 Å². The number of carbonyl (C=O) groups is 2. The van der Waals surface area contributed by atoms with Crippen LogP contribution in [0.2, 0.25) is 0 Å². The predicted octanol–water partition coefficient (Wildman–Crippen LogP) is 3.04. The first kappa shape index (κ1) is 19.1. The lowest BCUT2D eigenvalue weighted by Crippen LogP contribution is -2.41. The number of carbonyl (C=O) groups excluding carboxylic acids is 2. The molecule has 2 aromatic rings. The molecule has 0 bridgehead atoms. The minimum atomic E-state index is -0.260. The highest BCUT2D eigenvalue weighted by molar-refractivity contribution is 6.05. The minimum absolute atomic E-state index is 0.0739. The molecule has 3 N–H and O–H groups in total. The fraction of sp³-hybridized carbons (Fsp3) is 0.364. The van der Waals surface area contributed by atoms with E-state index in [1.807, 2.05) is 30.3 Å². The molecule has 2 aromatic carbocycles. The summed E-state index contributed by atoms with van der Waals surface area (Å²) in [6.45, 7) is 4.86. The third-order valence-electron chi connectivity index (χ3n) is 4.95. The average molecular weight is 395 g/mol. The second-order valence-corrected chi connectivity index (χ2v) is 7.78. The maximum atomic E-state index is 12.6. The predicted molar refractivity (Wildman–Crippen MR) is 111 cm³/mol. The Hall–Kier alpha value is -3.22. The molecule has 7 heteroatoms. The molecule has 2 aliphatic rings. The van der Waals surface area contributed by atoms with Gasteiger partial charge >= 0.3 is 0 Å². The van der Waals surface area contributed by atoms with Gasteiger partial charge in [0, 0.05) is 5.56 Å². The summed E-state index contributed by atoms with van der Waals surface area (Å²) in [5.41, 5.74) is 1.92. The monoisotopic (exact) mass is 395 g/mol. The molecule has 0 spiro atoms. The maximum Gasteiger partial charge on any atom is 0.251 e. The van der Waals surface area contributed by atoms with Crippen LogP contribution in [0, 0.1) is 5.92 Å². The summed E-state index contributed by atoms with van der Waals surface area (Å²) >= 11 is 0. The number of benzene rings is 2. The highest BCUT2D eigenvalue weighted by atomic mass is 16.6. The van der Waals surface area contributed by atoms with Crippen molar-refractivity contribution in [1.82, 2.24) is 5.32 Å². The van der Waals surface area contributed by atoms with E-state index in [4.69, 9.17) is 9.47 Å². The molecule has 152 valence electrons. The van der Waals surface area contributed by atoms with Gasteiger partial charge in [0.05, 0.1) is 17.9 Å². The zero-order valence-electron chi connectivity index (χ0n) is 16.5. The number of nitrogens with one attached hydrogen (secondary N) is 3. The quantitative estimate of drug-likeness (QED) is 0.724. The van der Waals surface area contributed by atoms with Gasteiger partial charge < -0.3 is 25.4 Å². The second-order valence-electron chi connectivity index (χ2n) is 7.78. The standard InChI is InChI=1S/C22H25N3O4/c1-13(2)9-18-22(27)25-17-10-14(7-8-16(17)24-18)21(26)23-11-15-12-28-19-5-3-4-6-20(19)29-15/h3-8,10,13,15,18,24H,9,11-12H2,1-2H3,(H,23,26)(H,25,27). The second kappa shape index (κ2) is 8.03. The van der Waals surface area contributed by atoms with Gasteiger partial charge in [-0.2, -0.15) is 0 Å². The molecule has 0 saturated heterocycles. The van der Waals surface area contributed by atoms with E-state index in [0.717, 1.165) is 12.1 Å². The highest BCUT2D eigenvalue weighted by Crippen LogP contribution is 2.31. The molecule has 7 nitrogen and oxygen atoms in total. The van der Waals surface area contributed by atoms with Crippen LogP contribution in [0.4, 0.5) is 11.4 Å². The third-order valence-corrected chi connectivity index (χ3v) is 4.95. The average Bonchev–Trinajstić information content (AvgIpc) is 2.71. The summed E-state index contributed by atoms with van der Waals surface area (Å²) in [5.74, 6) is 1.49. The number of hydrogen-bond donors (Lipinski definition) is 3. The Balaban J connectivity index is 1.37. The summed E-state index contributed by atoms with van der Waals surface area (Å²) in [6.07, 6.45) is 0.491. The van der Waals surface area contributed by atoms with Crippen molar-refractivity contribution < 1.29 is 19.1 Å². The van der Waals surface area contributed by atoms with Gasteiger partial charge in [0.1, 0.15) is 18.8 Å². The van der Waals surface area contributed by atoms with E-state index in [-0.39, 0.29) is 24.0 Å². The van der Waals surface area contributed by atoms with E-state index in [1.165, 1.54) is 0 Å². The van der Waals surface area contributed by atoms with Crippen molar-refractivity contribution in [3.8, 4) is 11.5 Å². The molecule has 2 aliphatic heterocycles. The summed E-state index contributed by atoms with van der Waals surface area (Å²) in [4.78, 5) is 24.9. The van der Waals surface area contributed by atoms with Gasteiger partial charge in [0.25, 0.3) is 5.91 Å². The zero-order chi connectivity index (χ0) is 20.4. The lowest BCUT2D eigenvalue weighted by Gasteiger charge is -2.28. The smallest absolute Gasteiger partial charge is 0.251 e. The van der Waals surface area contributed by atoms with E-state index >= 15 is 0 Å². The summed E-state index contributed by atoms with van der Waals surface area (Å²) in [5, 5.41) is 9.03. The number of anilines is 2. The van der Waals surface area contributed by atoms with Crippen molar-refractivity contribution in [3.05, 3.63) is 48.0 Å². The molecular formula is C22H25N3O4. The van der Waals surface area contributed by atoms with Crippen molar-refractivity contribution in [2.75, 3.05) is 23.8 Å². The SMILES string of the molecule is CC(C)CC1Nc2ccc(C(=O)NCC3COc4ccccc4O3)cc2NC1=O. The number of amides is 2. The van der Waals surface area contributed by atoms with E-state index in [0.29, 0.717) is 41.8 Å². The largest absolute Gasteiger partial charge is 0.486 e. The first-order chi connectivity index (χ1) is 14.0. The normalized spacial score (nSPS) is 19.8. The van der Waals surface area contributed by atoms with E-state index in [2.05, 4.69) is 29.8 Å². The Kier molecular flexibility index (Phi) is 5.29. The van der Waals surface area contributed by atoms with Crippen molar-refractivity contribution in [3.63, 3.8) is 0 Å². The van der Waals surface area contributed by atoms with Crippen LogP contribution in [0.25, 0.3) is 0 Å². The zero-order valence-corrected chi connectivity index (χ0v) is 16.5. The van der Waals surface area contributed by atoms with Gasteiger partial charge in [0.2, 0.25) is 5.91 Å². The first-order valence-electron chi connectivity index (χ1n) is 9.87. The van der Waals surface area contributed by atoms with Crippen LogP contribution in [0.3, 0.4) is 0 Å². The van der Waals surface area contributed by atoms with Gasteiger partial charge in [-0.05, 0) is 42.7 Å². The molecule has 2 atom stereocenters. The molecule has 0 radical (unpaired) electrons. The minimum Gasteiger partial charge on any atom is -0.486 e. The Labute approximate surface area is 169 Å². The number of rotatable bonds is 5. The van der Waals surface area contributed by atoms with E-state index in [1.54, 1.807) is 12.1 Å². The van der Waals surface area contributed by atoms with Crippen molar-refractivity contribution in [2.45, 2.75) is 32.4 Å². The highest BCUT2D eigenvalue weighted by Gasteiger charge is 2.27. The van der Waals surface area contributed by atoms with E-state index < -0.39 is 0 Å². The number of hydrogen-bond acceptors (Lipinski definition) is 5. The van der Waals surface area contributed by atoms with Gasteiger partial charge in [-0.15, -0.1) is 0 Å². The molecule has 2 amide bonds. The van der Waals surface area contributed by atoms with Crippen molar-refractivity contribution >= 4 is 23.2 Å². The summed E-state index contributed by atoms with van der Waals surface area (Å²) in [6, 6.07) is 12.5. The molecule has 4 rings (SSSR count). The molecule has 0 saturated carbocycles. The van der Waals surface area contributed by atoms with Gasteiger partial charge in [0.15, 0.2) is 11.5 Å². The maximum absolute atomic E-state index is 12.6. The Bertz CT molecular complexity index is 928. The number of fused-ring (bicyclic) bond motifs is 2. The Morgan fingerprint density at radius 1 is 1.17 bits per heavy atom. The van der Waals surface area contributed by atoms with Crippen molar-refractivity contribution in [1.29, 1.82) is 0 Å². The molecule has 0 aromatic heterocycles. The van der Waals surface area contributed by atoms with Crippen LogP contribution >= 0.6 is 0 Å². The topological polar surface area (TPSA) is 88.7 Å². The van der Waals surface area contributed by atoms with Gasteiger partial charge in [-0.3, -0.25) is 9.59 Å². The third kappa shape index (κ3) is 4.29. The van der Waals surface area contributed by atoms with Crippen LogP contribution in [-0.2, 0) is 4.79 Å². The summed E-state index contributed by atoms with van der Waals surface area (Å²) < 4.78 is 11.5. The van der Waals surface area contributed by atoms with Crippen LogP contribution in [0.15, 0.2) is 42.5 Å². The van der Waals surface area contributed by atoms with Crippen LogP contribution in [0.1, 0.15) is 30.6 Å². The molecule has 0 aliphatic carbocycles. The van der Waals surface area contributed by atoms with E-state index in [9.17, 15) is 9.59 Å². The molecule has 29 heavy (non-hydrogen) atoms. The summed E-state index contributed by atoms with van der Waals surface area (Å²) in [7, 11) is 0. The van der Waals surface area contributed by atoms with Crippen LogP contribution in [-0.4, -0.2) is 37.1 Å². The van der Waals surface area contributed by atoms with Gasteiger partial charge in [-0.25, -0.2) is 0 Å². The Morgan fingerprint density at radius 3 is 2.76 bits per heavy atom. The van der Waals surface area contributed by atoms with Gasteiger partial charge in [-0.1, -0.05) is 26.0 Å². The lowest BCUT2D eigenvalue weighted by molar-refractivity contribution is -0.117. The number of ether oxygens (including phenoxy) is 2. The van der Waals surface area contributed by atoms with Crippen LogP contribution < -0.4 is 25.4 Å². The molecular weight excluding hydrogens is 370 g/mol. The van der Waals surface area contributed by atoms with Crippen molar-refractivity contribution in [2.24, 2.45) is 5.92 Å². The fourth-order valence-electron chi connectivity index (χ4n) is 3.50. The molecule has 0 fully saturated rings. The fourth-order valence-corrected chi connectivity index (χ4v) is 3.50. The molecule has 2 unspecified atom stereocenters.